The summed E-state index contributed by atoms with van der Waals surface area (Å²) in [4.78, 5) is 14.7. The molecule has 2 N–H and O–H groups in total. The highest BCUT2D eigenvalue weighted by atomic mass is 16.4. The predicted molar refractivity (Wildman–Crippen MR) is 61.5 cm³/mol. The minimum absolute atomic E-state index is 0.0905. The summed E-state index contributed by atoms with van der Waals surface area (Å²) in [5.41, 5.74) is 0.653. The molecule has 2 aromatic heterocycles. The Morgan fingerprint density at radius 2 is 2.28 bits per heavy atom. The Morgan fingerprint density at radius 1 is 1.44 bits per heavy atom. The minimum atomic E-state index is -1.39. The molecule has 18 heavy (non-hydrogen) atoms. The van der Waals surface area contributed by atoms with Crippen LogP contribution in [0, 0.1) is 0 Å². The van der Waals surface area contributed by atoms with Crippen LogP contribution in [0.5, 0.6) is 0 Å². The van der Waals surface area contributed by atoms with Crippen LogP contribution in [0.4, 0.5) is 0 Å². The molecule has 2 aromatic rings. The van der Waals surface area contributed by atoms with Crippen molar-refractivity contribution in [3.8, 4) is 11.5 Å². The molecule has 0 aromatic carbocycles. The zero-order chi connectivity index (χ0) is 13.0. The third-order valence-electron chi connectivity index (χ3n) is 2.44. The molecule has 0 saturated carbocycles. The molecule has 0 bridgehead atoms. The Kier molecular flexibility index (Phi) is 3.63. The highest BCUT2D eigenvalue weighted by Gasteiger charge is 2.14. The highest BCUT2D eigenvalue weighted by Crippen LogP contribution is 2.13. The van der Waals surface area contributed by atoms with Gasteiger partial charge >= 0.3 is 5.97 Å². The Balaban J connectivity index is 2.12. The van der Waals surface area contributed by atoms with E-state index >= 15 is 0 Å². The van der Waals surface area contributed by atoms with Gasteiger partial charge in [-0.15, -0.1) is 10.2 Å². The number of hydrogen-bond acceptors (Lipinski definition) is 5. The molecule has 7 nitrogen and oxygen atoms in total. The van der Waals surface area contributed by atoms with E-state index < -0.39 is 12.1 Å². The summed E-state index contributed by atoms with van der Waals surface area (Å²) in [6.45, 7) is 0.312. The average Bonchev–Trinajstić information content (AvgIpc) is 2.85. The topological polar surface area (TPSA) is 101 Å². The van der Waals surface area contributed by atoms with Gasteiger partial charge in [-0.1, -0.05) is 6.07 Å². The van der Waals surface area contributed by atoms with Gasteiger partial charge in [-0.2, -0.15) is 0 Å². The number of rotatable bonds is 5. The minimum Gasteiger partial charge on any atom is -0.479 e. The molecular formula is C11H12N4O3. The number of aryl methyl sites for hydroxylation is 1. The molecule has 0 aliphatic carbocycles. The number of aromatic nitrogens is 4. The van der Waals surface area contributed by atoms with Gasteiger partial charge in [-0.05, 0) is 12.1 Å². The molecule has 2 rings (SSSR count). The van der Waals surface area contributed by atoms with Crippen molar-refractivity contribution >= 4 is 5.97 Å². The van der Waals surface area contributed by atoms with Crippen LogP contribution in [0.1, 0.15) is 6.42 Å². The Bertz CT molecular complexity index is 526. The molecule has 1 atom stereocenters. The smallest absolute Gasteiger partial charge is 0.332 e. The maximum Gasteiger partial charge on any atom is 0.332 e. The van der Waals surface area contributed by atoms with Gasteiger partial charge in [0.1, 0.15) is 12.0 Å². The van der Waals surface area contributed by atoms with E-state index in [1.165, 1.54) is 6.33 Å². The summed E-state index contributed by atoms with van der Waals surface area (Å²) in [6.07, 6.45) is 1.83. The molecule has 0 aliphatic heterocycles. The standard InChI is InChI=1S/C11H12N4O3/c16-9(11(17)18)4-6-15-7-13-14-10(15)8-3-1-2-5-12-8/h1-3,5,7,9,16H,4,6H2,(H,17,18). The Hall–Kier alpha value is -2.28. The fourth-order valence-electron chi connectivity index (χ4n) is 1.50. The zero-order valence-electron chi connectivity index (χ0n) is 9.47. The van der Waals surface area contributed by atoms with Gasteiger partial charge in [0.05, 0.1) is 0 Å². The van der Waals surface area contributed by atoms with E-state index in [9.17, 15) is 9.90 Å². The lowest BCUT2D eigenvalue weighted by Crippen LogP contribution is -2.21. The number of carboxylic acid groups (broad SMARTS) is 1. The molecule has 0 aliphatic rings. The molecule has 7 heteroatoms. The quantitative estimate of drug-likeness (QED) is 0.782. The third-order valence-corrected chi connectivity index (χ3v) is 2.44. The zero-order valence-corrected chi connectivity index (χ0v) is 9.47. The third kappa shape index (κ3) is 2.69. The Labute approximate surface area is 103 Å². The van der Waals surface area contributed by atoms with Crippen molar-refractivity contribution in [1.29, 1.82) is 0 Å². The number of aliphatic hydroxyl groups excluding tert-OH is 1. The maximum atomic E-state index is 10.5. The van der Waals surface area contributed by atoms with Crippen molar-refractivity contribution in [3.05, 3.63) is 30.7 Å². The molecule has 0 saturated heterocycles. The number of aliphatic carboxylic acids is 1. The second kappa shape index (κ2) is 5.37. The first-order chi connectivity index (χ1) is 8.68. The van der Waals surface area contributed by atoms with Crippen molar-refractivity contribution in [1.82, 2.24) is 19.7 Å². The van der Waals surface area contributed by atoms with Crippen LogP contribution in [-0.2, 0) is 11.3 Å². The average molecular weight is 248 g/mol. The Morgan fingerprint density at radius 3 is 2.94 bits per heavy atom. The molecular weight excluding hydrogens is 236 g/mol. The van der Waals surface area contributed by atoms with E-state index in [-0.39, 0.29) is 6.42 Å². The van der Waals surface area contributed by atoms with E-state index in [1.807, 2.05) is 6.07 Å². The lowest BCUT2D eigenvalue weighted by molar-refractivity contribution is -0.147. The van der Waals surface area contributed by atoms with Crippen LogP contribution in [0.25, 0.3) is 11.5 Å². The second-order valence-electron chi connectivity index (χ2n) is 3.71. The van der Waals surface area contributed by atoms with Crippen molar-refractivity contribution < 1.29 is 15.0 Å². The van der Waals surface area contributed by atoms with Gasteiger partial charge in [0.25, 0.3) is 0 Å². The van der Waals surface area contributed by atoms with Gasteiger partial charge in [0, 0.05) is 19.2 Å². The normalized spacial score (nSPS) is 12.3. The number of pyridine rings is 1. The van der Waals surface area contributed by atoms with E-state index in [0.29, 0.717) is 18.1 Å². The van der Waals surface area contributed by atoms with Gasteiger partial charge in [-0.25, -0.2) is 4.79 Å². The lowest BCUT2D eigenvalue weighted by Gasteiger charge is -2.07. The lowest BCUT2D eigenvalue weighted by atomic mass is 10.2. The van der Waals surface area contributed by atoms with E-state index in [4.69, 9.17) is 5.11 Å². The second-order valence-corrected chi connectivity index (χ2v) is 3.71. The van der Waals surface area contributed by atoms with Crippen molar-refractivity contribution in [3.63, 3.8) is 0 Å². The molecule has 94 valence electrons. The van der Waals surface area contributed by atoms with Crippen molar-refractivity contribution in [2.45, 2.75) is 19.1 Å². The first kappa shape index (κ1) is 12.2. The number of nitrogens with zero attached hydrogens (tertiary/aromatic N) is 4. The number of aliphatic hydroxyl groups is 1. The highest BCUT2D eigenvalue weighted by molar-refractivity contribution is 5.71. The van der Waals surface area contributed by atoms with Crippen molar-refractivity contribution in [2.24, 2.45) is 0 Å². The van der Waals surface area contributed by atoms with Crippen molar-refractivity contribution in [2.75, 3.05) is 0 Å². The molecule has 0 spiro atoms. The van der Waals surface area contributed by atoms with Crippen LogP contribution in [-0.4, -0.2) is 42.0 Å². The maximum absolute atomic E-state index is 10.5. The number of carbonyl (C=O) groups is 1. The summed E-state index contributed by atoms with van der Waals surface area (Å²) in [6, 6.07) is 5.40. The van der Waals surface area contributed by atoms with Crippen LogP contribution in [0.15, 0.2) is 30.7 Å². The summed E-state index contributed by atoms with van der Waals surface area (Å²) in [7, 11) is 0. The van der Waals surface area contributed by atoms with Gasteiger partial charge < -0.3 is 14.8 Å². The fraction of sp³-hybridized carbons (Fsp3) is 0.273. The fourth-order valence-corrected chi connectivity index (χ4v) is 1.50. The van der Waals surface area contributed by atoms with Gasteiger partial charge in [0.2, 0.25) is 0 Å². The van der Waals surface area contributed by atoms with Crippen LogP contribution >= 0.6 is 0 Å². The largest absolute Gasteiger partial charge is 0.479 e. The van der Waals surface area contributed by atoms with E-state index in [1.54, 1.807) is 22.9 Å². The van der Waals surface area contributed by atoms with Crippen LogP contribution in [0.3, 0.4) is 0 Å². The van der Waals surface area contributed by atoms with Gasteiger partial charge in [0.15, 0.2) is 11.9 Å². The molecule has 0 amide bonds. The van der Waals surface area contributed by atoms with Gasteiger partial charge in [-0.3, -0.25) is 4.98 Å². The summed E-state index contributed by atoms with van der Waals surface area (Å²) in [5, 5.41) is 25.5. The van der Waals surface area contributed by atoms with Crippen LogP contribution in [0.2, 0.25) is 0 Å². The predicted octanol–water partition coefficient (Wildman–Crippen LogP) is 0.176. The number of carboxylic acids is 1. The number of hydrogen-bond donors (Lipinski definition) is 2. The molecule has 2 heterocycles. The molecule has 0 fully saturated rings. The van der Waals surface area contributed by atoms with E-state index in [2.05, 4.69) is 15.2 Å². The van der Waals surface area contributed by atoms with Crippen LogP contribution < -0.4 is 0 Å². The molecule has 0 radical (unpaired) electrons. The summed E-state index contributed by atoms with van der Waals surface area (Å²) < 4.78 is 1.66. The molecule has 1 unspecified atom stereocenters. The monoisotopic (exact) mass is 248 g/mol. The SMILES string of the molecule is O=C(O)C(O)CCn1cnnc1-c1ccccn1. The first-order valence-corrected chi connectivity index (χ1v) is 5.38. The summed E-state index contributed by atoms with van der Waals surface area (Å²) >= 11 is 0. The first-order valence-electron chi connectivity index (χ1n) is 5.38. The van der Waals surface area contributed by atoms with E-state index in [0.717, 1.165) is 0 Å². The summed E-state index contributed by atoms with van der Waals surface area (Å²) in [5.74, 6) is -0.685.